The molecule has 1 aromatic carbocycles. The summed E-state index contributed by atoms with van der Waals surface area (Å²) in [4.78, 5) is 20.4. The van der Waals surface area contributed by atoms with Crippen LogP contribution in [0.4, 0.5) is 0 Å². The van der Waals surface area contributed by atoms with Crippen molar-refractivity contribution < 1.29 is 4.79 Å². The average molecular weight is 404 g/mol. The Balaban J connectivity index is 1.63. The van der Waals surface area contributed by atoms with Crippen molar-refractivity contribution in [2.24, 2.45) is 0 Å². The Morgan fingerprint density at radius 1 is 1.27 bits per heavy atom. The fourth-order valence-electron chi connectivity index (χ4n) is 1.98. The molecule has 110 valence electrons. The zero-order valence-corrected chi connectivity index (χ0v) is 13.8. The number of nitrogens with zero attached hydrogens (tertiary/aromatic N) is 3. The highest BCUT2D eigenvalue weighted by atomic mass is 127. The van der Waals surface area contributed by atoms with Crippen LogP contribution < -0.4 is 5.32 Å². The summed E-state index contributed by atoms with van der Waals surface area (Å²) < 4.78 is 2.87. The molecule has 1 N–H and O–H groups in total. The van der Waals surface area contributed by atoms with Crippen molar-refractivity contribution in [3.63, 3.8) is 0 Å². The first-order valence-electron chi connectivity index (χ1n) is 6.69. The van der Waals surface area contributed by atoms with Gasteiger partial charge < -0.3 is 5.32 Å². The Morgan fingerprint density at radius 3 is 2.86 bits per heavy atom. The highest BCUT2D eigenvalue weighted by Gasteiger charge is 2.05. The largest absolute Gasteiger partial charge is 0.348 e. The Kier molecular flexibility index (Phi) is 4.47. The highest BCUT2D eigenvalue weighted by molar-refractivity contribution is 14.1. The summed E-state index contributed by atoms with van der Waals surface area (Å²) in [7, 11) is 0. The predicted octanol–water partition coefficient (Wildman–Crippen LogP) is 2.80. The third-order valence-electron chi connectivity index (χ3n) is 3.12. The van der Waals surface area contributed by atoms with Gasteiger partial charge in [0.05, 0.1) is 0 Å². The minimum Gasteiger partial charge on any atom is -0.348 e. The number of pyridine rings is 1. The van der Waals surface area contributed by atoms with E-state index in [1.54, 1.807) is 24.8 Å². The maximum atomic E-state index is 12.1. The molecule has 1 amide bonds. The maximum absolute atomic E-state index is 12.1. The van der Waals surface area contributed by atoms with Crippen LogP contribution in [0.1, 0.15) is 15.9 Å². The molecule has 0 saturated carbocycles. The van der Waals surface area contributed by atoms with Gasteiger partial charge in [-0.25, -0.2) is 9.97 Å². The van der Waals surface area contributed by atoms with Crippen LogP contribution in [0, 0.1) is 3.57 Å². The first kappa shape index (κ1) is 14.7. The lowest BCUT2D eigenvalue weighted by molar-refractivity contribution is 0.0951. The Hall–Kier alpha value is -2.22. The van der Waals surface area contributed by atoms with E-state index in [0.717, 1.165) is 15.0 Å². The van der Waals surface area contributed by atoms with Crippen molar-refractivity contribution in [3.05, 3.63) is 76.0 Å². The predicted molar refractivity (Wildman–Crippen MR) is 91.7 cm³/mol. The standard InChI is InChI=1S/C16H13IN4O/c17-14-3-1-2-13(8-14)16(22)20-10-12-4-5-15(19-9-12)21-7-6-18-11-21/h1-9,11H,10H2,(H,20,22). The van der Waals surface area contributed by atoms with Gasteiger partial charge >= 0.3 is 0 Å². The van der Waals surface area contributed by atoms with E-state index in [4.69, 9.17) is 0 Å². The molecular formula is C16H13IN4O. The molecule has 0 radical (unpaired) electrons. The van der Waals surface area contributed by atoms with Crippen LogP contribution in [0.2, 0.25) is 0 Å². The zero-order valence-electron chi connectivity index (χ0n) is 11.6. The lowest BCUT2D eigenvalue weighted by Crippen LogP contribution is -2.22. The molecule has 3 aromatic rings. The molecule has 0 saturated heterocycles. The van der Waals surface area contributed by atoms with Gasteiger partial charge in [0.25, 0.3) is 5.91 Å². The number of benzene rings is 1. The number of aromatic nitrogens is 3. The first-order chi connectivity index (χ1) is 10.7. The van der Waals surface area contributed by atoms with E-state index in [1.807, 2.05) is 41.1 Å². The maximum Gasteiger partial charge on any atom is 0.251 e. The van der Waals surface area contributed by atoms with E-state index in [0.29, 0.717) is 12.1 Å². The summed E-state index contributed by atoms with van der Waals surface area (Å²) in [5.74, 6) is 0.711. The minimum atomic E-state index is -0.0859. The van der Waals surface area contributed by atoms with E-state index < -0.39 is 0 Å². The van der Waals surface area contributed by atoms with Gasteiger partial charge in [-0.2, -0.15) is 0 Å². The molecular weight excluding hydrogens is 391 g/mol. The quantitative estimate of drug-likeness (QED) is 0.681. The summed E-state index contributed by atoms with van der Waals surface area (Å²) in [5, 5.41) is 2.90. The van der Waals surface area contributed by atoms with Crippen LogP contribution in [0.3, 0.4) is 0 Å². The molecule has 6 heteroatoms. The van der Waals surface area contributed by atoms with Crippen LogP contribution in [-0.2, 0) is 6.54 Å². The number of hydrogen-bond acceptors (Lipinski definition) is 3. The number of carbonyl (C=O) groups is 1. The number of rotatable bonds is 4. The summed E-state index contributed by atoms with van der Waals surface area (Å²) in [6.45, 7) is 0.446. The smallest absolute Gasteiger partial charge is 0.251 e. The Morgan fingerprint density at radius 2 is 2.18 bits per heavy atom. The first-order valence-corrected chi connectivity index (χ1v) is 7.77. The van der Waals surface area contributed by atoms with Gasteiger partial charge in [-0.3, -0.25) is 9.36 Å². The molecule has 0 atom stereocenters. The molecule has 2 aromatic heterocycles. The number of amides is 1. The number of halogens is 1. The normalized spacial score (nSPS) is 10.4. The number of nitrogens with one attached hydrogen (secondary N) is 1. The van der Waals surface area contributed by atoms with Crippen LogP contribution in [-0.4, -0.2) is 20.4 Å². The zero-order chi connectivity index (χ0) is 15.4. The van der Waals surface area contributed by atoms with Gasteiger partial charge in [-0.1, -0.05) is 12.1 Å². The van der Waals surface area contributed by atoms with E-state index in [9.17, 15) is 4.79 Å². The number of imidazole rings is 1. The lowest BCUT2D eigenvalue weighted by Gasteiger charge is -2.07. The molecule has 0 aliphatic carbocycles. The number of hydrogen-bond donors (Lipinski definition) is 1. The summed E-state index contributed by atoms with van der Waals surface area (Å²) in [5.41, 5.74) is 1.61. The van der Waals surface area contributed by atoms with Crippen LogP contribution in [0.15, 0.2) is 61.3 Å². The molecule has 3 rings (SSSR count). The summed E-state index contributed by atoms with van der Waals surface area (Å²) in [6.07, 6.45) is 6.99. The third kappa shape index (κ3) is 3.51. The molecule has 0 bridgehead atoms. The average Bonchev–Trinajstić information content (AvgIpc) is 3.07. The fourth-order valence-corrected chi connectivity index (χ4v) is 2.53. The second-order valence-corrected chi connectivity index (χ2v) is 5.93. The second kappa shape index (κ2) is 6.69. The molecule has 2 heterocycles. The van der Waals surface area contributed by atoms with E-state index in [1.165, 1.54) is 0 Å². The molecule has 0 fully saturated rings. The van der Waals surface area contributed by atoms with Gasteiger partial charge in [-0.05, 0) is 52.4 Å². The van der Waals surface area contributed by atoms with Crippen LogP contribution >= 0.6 is 22.6 Å². The third-order valence-corrected chi connectivity index (χ3v) is 3.79. The molecule has 5 nitrogen and oxygen atoms in total. The van der Waals surface area contributed by atoms with Gasteiger partial charge in [-0.15, -0.1) is 0 Å². The van der Waals surface area contributed by atoms with E-state index in [2.05, 4.69) is 37.9 Å². The molecule has 0 aliphatic rings. The van der Waals surface area contributed by atoms with Gasteiger partial charge in [0.15, 0.2) is 0 Å². The van der Waals surface area contributed by atoms with Gasteiger partial charge in [0.1, 0.15) is 12.1 Å². The SMILES string of the molecule is O=C(NCc1ccc(-n2ccnc2)nc1)c1cccc(I)c1. The minimum absolute atomic E-state index is 0.0859. The van der Waals surface area contributed by atoms with Crippen molar-refractivity contribution in [1.82, 2.24) is 19.9 Å². The summed E-state index contributed by atoms with van der Waals surface area (Å²) >= 11 is 2.19. The fraction of sp³-hybridized carbons (Fsp3) is 0.0625. The van der Waals surface area contributed by atoms with Crippen molar-refractivity contribution >= 4 is 28.5 Å². The van der Waals surface area contributed by atoms with Crippen LogP contribution in [0.5, 0.6) is 0 Å². The molecule has 0 unspecified atom stereocenters. The monoisotopic (exact) mass is 404 g/mol. The van der Waals surface area contributed by atoms with Crippen molar-refractivity contribution in [1.29, 1.82) is 0 Å². The van der Waals surface area contributed by atoms with Gasteiger partial charge in [0, 0.05) is 34.3 Å². The Labute approximate surface area is 141 Å². The van der Waals surface area contributed by atoms with Crippen LogP contribution in [0.25, 0.3) is 5.82 Å². The molecule has 0 spiro atoms. The Bertz CT molecular complexity index is 769. The van der Waals surface area contributed by atoms with E-state index in [-0.39, 0.29) is 5.91 Å². The van der Waals surface area contributed by atoms with Crippen molar-refractivity contribution in [2.75, 3.05) is 0 Å². The molecule has 22 heavy (non-hydrogen) atoms. The van der Waals surface area contributed by atoms with Gasteiger partial charge in [0.2, 0.25) is 0 Å². The van der Waals surface area contributed by atoms with Crippen molar-refractivity contribution in [2.45, 2.75) is 6.54 Å². The van der Waals surface area contributed by atoms with Crippen molar-refractivity contribution in [3.8, 4) is 5.82 Å². The second-order valence-electron chi connectivity index (χ2n) is 4.69. The van der Waals surface area contributed by atoms with E-state index >= 15 is 0 Å². The summed E-state index contributed by atoms with van der Waals surface area (Å²) in [6, 6.07) is 11.3. The molecule has 0 aliphatic heterocycles. The number of carbonyl (C=O) groups excluding carboxylic acids is 1. The topological polar surface area (TPSA) is 59.8 Å². The highest BCUT2D eigenvalue weighted by Crippen LogP contribution is 2.09. The lowest BCUT2D eigenvalue weighted by atomic mass is 10.2.